The predicted molar refractivity (Wildman–Crippen MR) is 113 cm³/mol. The van der Waals surface area contributed by atoms with Gasteiger partial charge in [0.2, 0.25) is 5.88 Å². The van der Waals surface area contributed by atoms with Crippen molar-refractivity contribution in [3.05, 3.63) is 70.8 Å². The smallest absolute Gasteiger partial charge is 0.217 e. The van der Waals surface area contributed by atoms with Gasteiger partial charge in [0.15, 0.2) is 0 Å². The van der Waals surface area contributed by atoms with Crippen molar-refractivity contribution >= 4 is 10.9 Å². The van der Waals surface area contributed by atoms with E-state index in [0.29, 0.717) is 0 Å². The molecule has 1 aromatic heterocycles. The topological polar surface area (TPSA) is 22.1 Å². The first-order valence-corrected chi connectivity index (χ1v) is 9.82. The molecule has 0 bridgehead atoms. The summed E-state index contributed by atoms with van der Waals surface area (Å²) in [6, 6.07) is 17.5. The molecule has 0 N–H and O–H groups in total. The molecule has 4 rings (SSSR count). The fraction of sp³-hybridized carbons (Fsp3) is 0.400. The van der Waals surface area contributed by atoms with Crippen LogP contribution in [-0.2, 0) is 17.3 Å². The number of pyridine rings is 1. The van der Waals surface area contributed by atoms with Gasteiger partial charge in [0.25, 0.3) is 0 Å². The van der Waals surface area contributed by atoms with E-state index in [1.54, 1.807) is 0 Å². The largest absolute Gasteiger partial charge is 0.469 e. The van der Waals surface area contributed by atoms with E-state index < -0.39 is 0 Å². The van der Waals surface area contributed by atoms with Crippen LogP contribution in [0.25, 0.3) is 10.9 Å². The molecular formula is C25H29NO. The maximum absolute atomic E-state index is 6.33. The highest BCUT2D eigenvalue weighted by molar-refractivity contribution is 5.80. The summed E-state index contributed by atoms with van der Waals surface area (Å²) in [4.78, 5) is 4.75. The molecule has 0 fully saturated rings. The molecule has 0 radical (unpaired) electrons. The monoisotopic (exact) mass is 359 g/mol. The van der Waals surface area contributed by atoms with Crippen molar-refractivity contribution in [1.82, 2.24) is 4.98 Å². The van der Waals surface area contributed by atoms with Crippen LogP contribution in [0.2, 0.25) is 0 Å². The van der Waals surface area contributed by atoms with Gasteiger partial charge in [-0.3, -0.25) is 0 Å². The molecule has 0 saturated heterocycles. The van der Waals surface area contributed by atoms with Crippen LogP contribution in [0, 0.1) is 0 Å². The lowest BCUT2D eigenvalue weighted by atomic mass is 9.79. The van der Waals surface area contributed by atoms with Crippen LogP contribution in [0.3, 0.4) is 0 Å². The fourth-order valence-electron chi connectivity index (χ4n) is 3.66. The number of aromatic nitrogens is 1. The van der Waals surface area contributed by atoms with E-state index >= 15 is 0 Å². The van der Waals surface area contributed by atoms with E-state index in [-0.39, 0.29) is 16.9 Å². The minimum atomic E-state index is 0.0349. The quantitative estimate of drug-likeness (QED) is 0.494. The van der Waals surface area contributed by atoms with Crippen molar-refractivity contribution in [3.8, 4) is 5.88 Å². The van der Waals surface area contributed by atoms with Gasteiger partial charge in [-0.2, -0.15) is 0 Å². The van der Waals surface area contributed by atoms with E-state index in [4.69, 9.17) is 9.72 Å². The molecule has 0 aliphatic carbocycles. The highest BCUT2D eigenvalue weighted by Gasteiger charge is 2.29. The molecule has 1 unspecified atom stereocenters. The van der Waals surface area contributed by atoms with Crippen LogP contribution in [0.4, 0.5) is 0 Å². The molecule has 140 valence electrons. The molecule has 3 aromatic rings. The Balaban J connectivity index is 1.76. The Hall–Kier alpha value is -2.35. The molecular weight excluding hydrogens is 330 g/mol. The van der Waals surface area contributed by atoms with Gasteiger partial charge in [0.1, 0.15) is 6.10 Å². The number of hydrogen-bond donors (Lipinski definition) is 0. The SMILES string of the molecule is CC(C)(C)c1cc(C2Cc3cc4ccccc4nc3O2)cc(C(C)(C)C)c1. The van der Waals surface area contributed by atoms with E-state index in [1.165, 1.54) is 27.6 Å². The Labute approximate surface area is 162 Å². The average molecular weight is 360 g/mol. The van der Waals surface area contributed by atoms with Crippen molar-refractivity contribution < 1.29 is 4.74 Å². The summed E-state index contributed by atoms with van der Waals surface area (Å²) in [5, 5.41) is 1.18. The van der Waals surface area contributed by atoms with Crippen LogP contribution >= 0.6 is 0 Å². The zero-order valence-electron chi connectivity index (χ0n) is 17.3. The Kier molecular flexibility index (Phi) is 4.06. The van der Waals surface area contributed by atoms with Crippen LogP contribution in [0.1, 0.15) is 69.9 Å². The van der Waals surface area contributed by atoms with Crippen molar-refractivity contribution in [2.24, 2.45) is 0 Å². The number of nitrogens with zero attached hydrogens (tertiary/aromatic N) is 1. The second-order valence-electron chi connectivity index (χ2n) is 9.80. The van der Waals surface area contributed by atoms with Gasteiger partial charge < -0.3 is 4.74 Å². The van der Waals surface area contributed by atoms with Crippen molar-refractivity contribution in [2.45, 2.75) is 64.9 Å². The second kappa shape index (κ2) is 6.09. The lowest BCUT2D eigenvalue weighted by molar-refractivity contribution is 0.231. The number of rotatable bonds is 1. The molecule has 0 spiro atoms. The molecule has 1 aliphatic rings. The Morgan fingerprint density at radius 3 is 2.11 bits per heavy atom. The molecule has 2 heteroatoms. The van der Waals surface area contributed by atoms with Gasteiger partial charge in [-0.15, -0.1) is 0 Å². The molecule has 0 amide bonds. The molecule has 2 heterocycles. The van der Waals surface area contributed by atoms with Gasteiger partial charge in [0, 0.05) is 17.4 Å². The second-order valence-corrected chi connectivity index (χ2v) is 9.80. The standard InChI is InChI=1S/C25H29NO/c1-24(2,3)19-12-17(13-20(15-19)25(4,5)6)22-14-18-11-16-9-7-8-10-21(16)26-23(18)27-22/h7-13,15,22H,14H2,1-6H3. The molecule has 27 heavy (non-hydrogen) atoms. The maximum atomic E-state index is 6.33. The molecule has 2 nitrogen and oxygen atoms in total. The van der Waals surface area contributed by atoms with Crippen molar-refractivity contribution in [3.63, 3.8) is 0 Å². The number of para-hydroxylation sites is 1. The van der Waals surface area contributed by atoms with E-state index in [1.807, 2.05) is 12.1 Å². The Morgan fingerprint density at radius 1 is 0.852 bits per heavy atom. The molecule has 2 aromatic carbocycles. The van der Waals surface area contributed by atoms with Crippen molar-refractivity contribution in [1.29, 1.82) is 0 Å². The average Bonchev–Trinajstić information content (AvgIpc) is 3.00. The van der Waals surface area contributed by atoms with E-state index in [9.17, 15) is 0 Å². The van der Waals surface area contributed by atoms with Gasteiger partial charge in [-0.1, -0.05) is 77.9 Å². The van der Waals surface area contributed by atoms with Crippen LogP contribution in [0.5, 0.6) is 5.88 Å². The third-order valence-corrected chi connectivity index (χ3v) is 5.48. The third-order valence-electron chi connectivity index (χ3n) is 5.48. The van der Waals surface area contributed by atoms with Crippen LogP contribution in [0.15, 0.2) is 48.5 Å². The van der Waals surface area contributed by atoms with Gasteiger partial charge in [-0.05, 0) is 39.7 Å². The summed E-state index contributed by atoms with van der Waals surface area (Å²) < 4.78 is 6.33. The highest BCUT2D eigenvalue weighted by Crippen LogP contribution is 2.39. The predicted octanol–water partition coefficient (Wildman–Crippen LogP) is 6.51. The highest BCUT2D eigenvalue weighted by atomic mass is 16.5. The summed E-state index contributed by atoms with van der Waals surface area (Å²) in [6.07, 6.45) is 0.914. The summed E-state index contributed by atoms with van der Waals surface area (Å²) in [6.45, 7) is 13.6. The zero-order chi connectivity index (χ0) is 19.4. The fourth-order valence-corrected chi connectivity index (χ4v) is 3.66. The minimum absolute atomic E-state index is 0.0349. The third kappa shape index (κ3) is 3.45. The number of benzene rings is 2. The maximum Gasteiger partial charge on any atom is 0.217 e. The van der Waals surface area contributed by atoms with Gasteiger partial charge in [0.05, 0.1) is 5.52 Å². The molecule has 1 aliphatic heterocycles. The summed E-state index contributed by atoms with van der Waals surface area (Å²) in [5.74, 6) is 0.789. The minimum Gasteiger partial charge on any atom is -0.469 e. The first-order chi connectivity index (χ1) is 12.6. The van der Waals surface area contributed by atoms with E-state index in [0.717, 1.165) is 17.8 Å². The summed E-state index contributed by atoms with van der Waals surface area (Å²) >= 11 is 0. The zero-order valence-corrected chi connectivity index (χ0v) is 17.3. The lowest BCUT2D eigenvalue weighted by Crippen LogP contribution is -2.18. The number of hydrogen-bond acceptors (Lipinski definition) is 2. The van der Waals surface area contributed by atoms with Gasteiger partial charge >= 0.3 is 0 Å². The number of ether oxygens (including phenoxy) is 1. The lowest BCUT2D eigenvalue weighted by Gasteiger charge is -2.27. The molecule has 0 saturated carbocycles. The number of fused-ring (bicyclic) bond motifs is 2. The molecule has 1 atom stereocenters. The Bertz CT molecular complexity index is 928. The Morgan fingerprint density at radius 2 is 1.48 bits per heavy atom. The van der Waals surface area contributed by atoms with Crippen LogP contribution < -0.4 is 4.74 Å². The van der Waals surface area contributed by atoms with Crippen molar-refractivity contribution in [2.75, 3.05) is 0 Å². The van der Waals surface area contributed by atoms with E-state index in [2.05, 4.69) is 77.9 Å². The first kappa shape index (κ1) is 18.0. The summed E-state index contributed by atoms with van der Waals surface area (Å²) in [7, 11) is 0. The first-order valence-electron chi connectivity index (χ1n) is 9.82. The summed E-state index contributed by atoms with van der Waals surface area (Å²) in [5.41, 5.74) is 6.40. The van der Waals surface area contributed by atoms with Crippen LogP contribution in [-0.4, -0.2) is 4.98 Å². The van der Waals surface area contributed by atoms with Gasteiger partial charge in [-0.25, -0.2) is 4.98 Å². The normalized spacial score (nSPS) is 17.0.